The zero-order valence-corrected chi connectivity index (χ0v) is 13.2. The van der Waals surface area contributed by atoms with E-state index in [1.54, 1.807) is 6.07 Å². The zero-order chi connectivity index (χ0) is 16.0. The van der Waals surface area contributed by atoms with Crippen LogP contribution in [0.3, 0.4) is 0 Å². The first-order valence-electron chi connectivity index (χ1n) is 7.28. The lowest BCUT2D eigenvalue weighted by Gasteiger charge is -2.30. The maximum atomic E-state index is 13.4. The molecule has 5 heteroatoms. The van der Waals surface area contributed by atoms with Crippen molar-refractivity contribution in [3.05, 3.63) is 29.6 Å². The fourth-order valence-electron chi connectivity index (χ4n) is 2.42. The Bertz CT molecular complexity index is 479. The van der Waals surface area contributed by atoms with Gasteiger partial charge in [-0.3, -0.25) is 4.79 Å². The normalized spacial score (nSPS) is 12.9. The van der Waals surface area contributed by atoms with Crippen LogP contribution in [0.1, 0.15) is 45.2 Å². The molecule has 3 N–H and O–H groups in total. The predicted molar refractivity (Wildman–Crippen MR) is 81.6 cm³/mol. The summed E-state index contributed by atoms with van der Waals surface area (Å²) in [7, 11) is 1.52. The molecule has 1 amide bonds. The third-order valence-corrected chi connectivity index (χ3v) is 4.23. The number of rotatable bonds is 7. The molecule has 0 saturated carbocycles. The molecule has 0 aliphatic carbocycles. The van der Waals surface area contributed by atoms with Crippen LogP contribution in [0.4, 0.5) is 4.39 Å². The van der Waals surface area contributed by atoms with Gasteiger partial charge in [0.15, 0.2) is 0 Å². The lowest BCUT2D eigenvalue weighted by Crippen LogP contribution is -2.46. The van der Waals surface area contributed by atoms with E-state index in [2.05, 4.69) is 5.32 Å². The molecule has 0 aromatic heterocycles. The highest BCUT2D eigenvalue weighted by atomic mass is 19.1. The second-order valence-corrected chi connectivity index (χ2v) is 5.27. The van der Waals surface area contributed by atoms with Crippen LogP contribution in [0, 0.1) is 11.2 Å². The highest BCUT2D eigenvalue weighted by Crippen LogP contribution is 2.29. The summed E-state index contributed by atoms with van der Waals surface area (Å²) in [6, 6.07) is 3.92. The molecule has 0 aliphatic rings. The van der Waals surface area contributed by atoms with E-state index in [-0.39, 0.29) is 17.8 Å². The highest BCUT2D eigenvalue weighted by Gasteiger charge is 2.34. The van der Waals surface area contributed by atoms with Crippen LogP contribution in [-0.2, 0) is 4.79 Å². The van der Waals surface area contributed by atoms with Crippen molar-refractivity contribution in [3.63, 3.8) is 0 Å². The minimum atomic E-state index is -0.575. The van der Waals surface area contributed by atoms with E-state index in [4.69, 9.17) is 10.5 Å². The fourth-order valence-corrected chi connectivity index (χ4v) is 2.42. The van der Waals surface area contributed by atoms with Crippen molar-refractivity contribution < 1.29 is 13.9 Å². The maximum Gasteiger partial charge on any atom is 0.227 e. The number of hydrogen-bond acceptors (Lipinski definition) is 3. The van der Waals surface area contributed by atoms with E-state index in [1.807, 2.05) is 20.8 Å². The molecule has 0 saturated heterocycles. The molecule has 1 aromatic carbocycles. The van der Waals surface area contributed by atoms with Crippen molar-refractivity contribution in [1.29, 1.82) is 0 Å². The number of nitrogens with two attached hydrogens (primary N) is 1. The molecule has 0 fully saturated rings. The summed E-state index contributed by atoms with van der Waals surface area (Å²) in [6.45, 7) is 5.99. The smallest absolute Gasteiger partial charge is 0.227 e. The van der Waals surface area contributed by atoms with Gasteiger partial charge in [-0.2, -0.15) is 0 Å². The number of hydrogen-bond donors (Lipinski definition) is 2. The largest absolute Gasteiger partial charge is 0.496 e. The number of halogens is 1. The topological polar surface area (TPSA) is 64.4 Å². The zero-order valence-electron chi connectivity index (χ0n) is 13.2. The Morgan fingerprint density at radius 1 is 1.43 bits per heavy atom. The number of benzene rings is 1. The Kier molecular flexibility index (Phi) is 6.15. The van der Waals surface area contributed by atoms with E-state index in [1.165, 1.54) is 19.2 Å². The Labute approximate surface area is 125 Å². The van der Waals surface area contributed by atoms with Crippen molar-refractivity contribution in [1.82, 2.24) is 5.32 Å². The molecule has 0 aliphatic heterocycles. The first-order valence-corrected chi connectivity index (χ1v) is 7.28. The van der Waals surface area contributed by atoms with Crippen molar-refractivity contribution in [3.8, 4) is 5.75 Å². The van der Waals surface area contributed by atoms with Crippen LogP contribution in [0.15, 0.2) is 18.2 Å². The molecule has 0 bridgehead atoms. The summed E-state index contributed by atoms with van der Waals surface area (Å²) in [5.41, 5.74) is 5.82. The second-order valence-electron chi connectivity index (χ2n) is 5.27. The average molecular weight is 296 g/mol. The van der Waals surface area contributed by atoms with Gasteiger partial charge in [0, 0.05) is 12.1 Å². The molecular weight excluding hydrogens is 271 g/mol. The monoisotopic (exact) mass is 296 g/mol. The second kappa shape index (κ2) is 7.41. The third-order valence-electron chi connectivity index (χ3n) is 4.23. The molecule has 1 rings (SSSR count). The van der Waals surface area contributed by atoms with E-state index in [0.717, 1.165) is 0 Å². The Hall–Kier alpha value is -1.62. The van der Waals surface area contributed by atoms with Gasteiger partial charge in [-0.25, -0.2) is 4.39 Å². The molecule has 21 heavy (non-hydrogen) atoms. The SMILES string of the molecule is CCC(CC)(CN)C(=O)NC(C)c1cc(F)ccc1OC. The van der Waals surface area contributed by atoms with Crippen LogP contribution < -0.4 is 15.8 Å². The molecule has 0 heterocycles. The van der Waals surface area contributed by atoms with Crippen LogP contribution in [-0.4, -0.2) is 19.6 Å². The van der Waals surface area contributed by atoms with Crippen LogP contribution in [0.5, 0.6) is 5.75 Å². The van der Waals surface area contributed by atoms with Gasteiger partial charge in [-0.05, 0) is 38.0 Å². The molecule has 1 aromatic rings. The van der Waals surface area contributed by atoms with Crippen LogP contribution in [0.2, 0.25) is 0 Å². The molecule has 1 atom stereocenters. The number of carbonyl (C=O) groups is 1. The summed E-state index contributed by atoms with van der Waals surface area (Å²) in [5.74, 6) is 0.0901. The lowest BCUT2D eigenvalue weighted by atomic mass is 9.81. The van der Waals surface area contributed by atoms with E-state index < -0.39 is 5.41 Å². The minimum Gasteiger partial charge on any atom is -0.496 e. The lowest BCUT2D eigenvalue weighted by molar-refractivity contribution is -0.131. The molecule has 0 spiro atoms. The quantitative estimate of drug-likeness (QED) is 0.813. The highest BCUT2D eigenvalue weighted by molar-refractivity contribution is 5.83. The first kappa shape index (κ1) is 17.4. The van der Waals surface area contributed by atoms with Crippen molar-refractivity contribution in [2.24, 2.45) is 11.1 Å². The van der Waals surface area contributed by atoms with Crippen LogP contribution in [0.25, 0.3) is 0 Å². The number of carbonyl (C=O) groups excluding carboxylic acids is 1. The van der Waals surface area contributed by atoms with Gasteiger partial charge in [0.05, 0.1) is 18.6 Å². The molecule has 4 nitrogen and oxygen atoms in total. The third kappa shape index (κ3) is 3.73. The molecule has 1 unspecified atom stereocenters. The molecular formula is C16H25FN2O2. The van der Waals surface area contributed by atoms with E-state index in [9.17, 15) is 9.18 Å². The first-order chi connectivity index (χ1) is 9.93. The minimum absolute atomic E-state index is 0.103. The van der Waals surface area contributed by atoms with Gasteiger partial charge in [0.2, 0.25) is 5.91 Å². The van der Waals surface area contributed by atoms with Crippen molar-refractivity contribution >= 4 is 5.91 Å². The molecule has 118 valence electrons. The predicted octanol–water partition coefficient (Wildman–Crippen LogP) is 2.78. The van der Waals surface area contributed by atoms with Gasteiger partial charge in [-0.15, -0.1) is 0 Å². The van der Waals surface area contributed by atoms with E-state index >= 15 is 0 Å². The summed E-state index contributed by atoms with van der Waals surface area (Å²) >= 11 is 0. The van der Waals surface area contributed by atoms with E-state index in [0.29, 0.717) is 30.7 Å². The van der Waals surface area contributed by atoms with Gasteiger partial charge >= 0.3 is 0 Å². The summed E-state index contributed by atoms with van der Waals surface area (Å²) < 4.78 is 18.7. The summed E-state index contributed by atoms with van der Waals surface area (Å²) in [4.78, 5) is 12.5. The maximum absolute atomic E-state index is 13.4. The Balaban J connectivity index is 2.98. The van der Waals surface area contributed by atoms with Crippen molar-refractivity contribution in [2.75, 3.05) is 13.7 Å². The average Bonchev–Trinajstić information content (AvgIpc) is 2.49. The van der Waals surface area contributed by atoms with Gasteiger partial charge < -0.3 is 15.8 Å². The van der Waals surface area contributed by atoms with Gasteiger partial charge in [-0.1, -0.05) is 13.8 Å². The number of nitrogens with one attached hydrogen (secondary N) is 1. The Morgan fingerprint density at radius 2 is 2.05 bits per heavy atom. The standard InChI is InChI=1S/C16H25FN2O2/c1-5-16(6-2,10-18)15(20)19-11(3)13-9-12(17)7-8-14(13)21-4/h7-9,11H,5-6,10,18H2,1-4H3,(H,19,20). The van der Waals surface area contributed by atoms with Crippen molar-refractivity contribution in [2.45, 2.75) is 39.7 Å². The number of amides is 1. The van der Waals surface area contributed by atoms with Gasteiger partial charge in [0.1, 0.15) is 11.6 Å². The molecule has 0 radical (unpaired) electrons. The fraction of sp³-hybridized carbons (Fsp3) is 0.562. The summed E-state index contributed by atoms with van der Waals surface area (Å²) in [5, 5.41) is 2.93. The van der Waals surface area contributed by atoms with Gasteiger partial charge in [0.25, 0.3) is 0 Å². The number of ether oxygens (including phenoxy) is 1. The Morgan fingerprint density at radius 3 is 2.52 bits per heavy atom. The number of methoxy groups -OCH3 is 1. The summed E-state index contributed by atoms with van der Waals surface area (Å²) in [6.07, 6.45) is 1.33. The van der Waals surface area contributed by atoms with Crippen LogP contribution >= 0.6 is 0 Å².